The molecule has 2 aromatic carbocycles. The Hall–Kier alpha value is -3.68. The number of methoxy groups -OCH3 is 1. The second-order valence-electron chi connectivity index (χ2n) is 6.35. The number of para-hydroxylation sites is 2. The lowest BCUT2D eigenvalue weighted by Crippen LogP contribution is -2.25. The van der Waals surface area contributed by atoms with E-state index in [0.717, 1.165) is 5.56 Å². The summed E-state index contributed by atoms with van der Waals surface area (Å²) in [6.45, 7) is 1.69. The molecule has 29 heavy (non-hydrogen) atoms. The zero-order valence-corrected chi connectivity index (χ0v) is 15.8. The van der Waals surface area contributed by atoms with Crippen LogP contribution in [0.15, 0.2) is 42.5 Å². The van der Waals surface area contributed by atoms with E-state index in [-0.39, 0.29) is 5.91 Å². The highest BCUT2D eigenvalue weighted by atomic mass is 16.6. The van der Waals surface area contributed by atoms with Gasteiger partial charge in [-0.2, -0.15) is 0 Å². The molecule has 0 aromatic heterocycles. The maximum atomic E-state index is 12.5. The summed E-state index contributed by atoms with van der Waals surface area (Å²) in [5.41, 5.74) is 1.86. The molecule has 1 saturated heterocycles. The molecule has 150 valence electrons. The SMILES string of the molecule is COc1cc(/C=C/C(=O)Nc2ccccc2N2CCOC2=O)cc2c1OCCO2. The Morgan fingerprint density at radius 1 is 1.14 bits per heavy atom. The number of hydrogen-bond donors (Lipinski definition) is 1. The van der Waals surface area contributed by atoms with Gasteiger partial charge >= 0.3 is 6.09 Å². The molecule has 2 heterocycles. The fourth-order valence-corrected chi connectivity index (χ4v) is 3.16. The summed E-state index contributed by atoms with van der Waals surface area (Å²) >= 11 is 0. The molecule has 1 N–H and O–H groups in total. The Morgan fingerprint density at radius 3 is 2.76 bits per heavy atom. The number of rotatable bonds is 5. The number of fused-ring (bicyclic) bond motifs is 1. The number of carbonyl (C=O) groups is 2. The maximum absolute atomic E-state index is 12.5. The summed E-state index contributed by atoms with van der Waals surface area (Å²) in [6.07, 6.45) is 2.64. The lowest BCUT2D eigenvalue weighted by atomic mass is 10.1. The van der Waals surface area contributed by atoms with Gasteiger partial charge in [0.1, 0.15) is 19.8 Å². The first-order chi connectivity index (χ1) is 14.2. The van der Waals surface area contributed by atoms with Crippen molar-refractivity contribution in [2.24, 2.45) is 0 Å². The molecular weight excluding hydrogens is 376 g/mol. The second kappa shape index (κ2) is 8.14. The van der Waals surface area contributed by atoms with Crippen LogP contribution in [-0.2, 0) is 9.53 Å². The van der Waals surface area contributed by atoms with Gasteiger partial charge in [-0.15, -0.1) is 0 Å². The van der Waals surface area contributed by atoms with Gasteiger partial charge in [-0.05, 0) is 35.9 Å². The molecule has 0 bridgehead atoms. The first-order valence-corrected chi connectivity index (χ1v) is 9.16. The number of anilines is 2. The number of carbonyl (C=O) groups excluding carboxylic acids is 2. The summed E-state index contributed by atoms with van der Waals surface area (Å²) in [5, 5.41) is 2.81. The predicted octanol–water partition coefficient (Wildman–Crippen LogP) is 3.07. The van der Waals surface area contributed by atoms with E-state index in [0.29, 0.717) is 55.0 Å². The van der Waals surface area contributed by atoms with E-state index in [2.05, 4.69) is 5.32 Å². The summed E-state index contributed by atoms with van der Waals surface area (Å²) in [5.74, 6) is 1.35. The minimum absolute atomic E-state index is 0.326. The molecule has 2 aromatic rings. The van der Waals surface area contributed by atoms with E-state index < -0.39 is 6.09 Å². The molecule has 0 unspecified atom stereocenters. The molecule has 0 radical (unpaired) electrons. The Morgan fingerprint density at radius 2 is 1.97 bits per heavy atom. The molecule has 0 spiro atoms. The Bertz CT molecular complexity index is 954. The molecule has 2 aliphatic rings. The van der Waals surface area contributed by atoms with Gasteiger partial charge in [0.2, 0.25) is 11.7 Å². The van der Waals surface area contributed by atoms with E-state index in [4.69, 9.17) is 18.9 Å². The second-order valence-corrected chi connectivity index (χ2v) is 6.35. The first-order valence-electron chi connectivity index (χ1n) is 9.16. The topological polar surface area (TPSA) is 86.3 Å². The van der Waals surface area contributed by atoms with Crippen LogP contribution in [0.4, 0.5) is 16.2 Å². The van der Waals surface area contributed by atoms with Gasteiger partial charge in [0.15, 0.2) is 11.5 Å². The molecule has 8 nitrogen and oxygen atoms in total. The van der Waals surface area contributed by atoms with Crippen LogP contribution in [0, 0.1) is 0 Å². The number of cyclic esters (lactones) is 1. The zero-order valence-electron chi connectivity index (χ0n) is 15.8. The molecule has 1 fully saturated rings. The third kappa shape index (κ3) is 3.96. The van der Waals surface area contributed by atoms with Crippen molar-refractivity contribution in [2.75, 3.05) is 43.7 Å². The zero-order chi connectivity index (χ0) is 20.2. The van der Waals surface area contributed by atoms with Gasteiger partial charge in [0.05, 0.1) is 25.0 Å². The van der Waals surface area contributed by atoms with E-state index in [1.807, 2.05) is 0 Å². The van der Waals surface area contributed by atoms with Crippen molar-refractivity contribution in [3.8, 4) is 17.2 Å². The number of benzene rings is 2. The highest BCUT2D eigenvalue weighted by Crippen LogP contribution is 2.40. The number of hydrogen-bond acceptors (Lipinski definition) is 6. The average Bonchev–Trinajstić information content (AvgIpc) is 3.17. The molecule has 0 aliphatic carbocycles. The quantitative estimate of drug-likeness (QED) is 0.782. The van der Waals surface area contributed by atoms with E-state index in [9.17, 15) is 9.59 Å². The van der Waals surface area contributed by atoms with E-state index in [1.165, 1.54) is 11.0 Å². The highest BCUT2D eigenvalue weighted by Gasteiger charge is 2.25. The number of nitrogens with one attached hydrogen (secondary N) is 1. The summed E-state index contributed by atoms with van der Waals surface area (Å²) in [4.78, 5) is 25.8. The van der Waals surface area contributed by atoms with Gasteiger partial charge < -0.3 is 24.3 Å². The number of nitrogens with zero attached hydrogens (tertiary/aromatic N) is 1. The molecule has 2 amide bonds. The Kier molecular flexibility index (Phi) is 5.24. The van der Waals surface area contributed by atoms with Crippen molar-refractivity contribution in [3.05, 3.63) is 48.0 Å². The van der Waals surface area contributed by atoms with E-state index >= 15 is 0 Å². The van der Waals surface area contributed by atoms with Crippen LogP contribution in [-0.4, -0.2) is 45.5 Å². The third-order valence-electron chi connectivity index (χ3n) is 4.49. The summed E-state index contributed by atoms with van der Waals surface area (Å²) < 4.78 is 21.5. The molecule has 0 atom stereocenters. The molecule has 8 heteroatoms. The molecule has 2 aliphatic heterocycles. The maximum Gasteiger partial charge on any atom is 0.414 e. The fourth-order valence-electron chi connectivity index (χ4n) is 3.16. The largest absolute Gasteiger partial charge is 0.493 e. The average molecular weight is 396 g/mol. The van der Waals surface area contributed by atoms with Crippen molar-refractivity contribution in [1.29, 1.82) is 0 Å². The highest BCUT2D eigenvalue weighted by molar-refractivity contribution is 6.05. The van der Waals surface area contributed by atoms with Gasteiger partial charge in [-0.3, -0.25) is 9.69 Å². The first kappa shape index (κ1) is 18.7. The Balaban J connectivity index is 1.51. The van der Waals surface area contributed by atoms with Crippen molar-refractivity contribution in [1.82, 2.24) is 0 Å². The fraction of sp³-hybridized carbons (Fsp3) is 0.238. The van der Waals surface area contributed by atoms with Gasteiger partial charge in [0.25, 0.3) is 0 Å². The van der Waals surface area contributed by atoms with E-state index in [1.54, 1.807) is 49.6 Å². The van der Waals surface area contributed by atoms with Crippen LogP contribution in [0.1, 0.15) is 5.56 Å². The van der Waals surface area contributed by atoms with Crippen molar-refractivity contribution < 1.29 is 28.5 Å². The summed E-state index contributed by atoms with van der Waals surface area (Å²) in [6, 6.07) is 10.6. The van der Waals surface area contributed by atoms with Crippen LogP contribution in [0.5, 0.6) is 17.2 Å². The van der Waals surface area contributed by atoms with Gasteiger partial charge in [-0.25, -0.2) is 4.79 Å². The summed E-state index contributed by atoms with van der Waals surface area (Å²) in [7, 11) is 1.55. The lowest BCUT2D eigenvalue weighted by molar-refractivity contribution is -0.111. The monoisotopic (exact) mass is 396 g/mol. The van der Waals surface area contributed by atoms with Crippen LogP contribution < -0.4 is 24.4 Å². The van der Waals surface area contributed by atoms with Gasteiger partial charge in [0, 0.05) is 6.08 Å². The van der Waals surface area contributed by atoms with Crippen molar-refractivity contribution in [3.63, 3.8) is 0 Å². The minimum Gasteiger partial charge on any atom is -0.493 e. The van der Waals surface area contributed by atoms with Gasteiger partial charge in [-0.1, -0.05) is 12.1 Å². The van der Waals surface area contributed by atoms with Crippen LogP contribution in [0.3, 0.4) is 0 Å². The number of ether oxygens (including phenoxy) is 4. The van der Waals surface area contributed by atoms with Crippen molar-refractivity contribution >= 4 is 29.5 Å². The molecule has 0 saturated carbocycles. The van der Waals surface area contributed by atoms with Crippen LogP contribution in [0.2, 0.25) is 0 Å². The third-order valence-corrected chi connectivity index (χ3v) is 4.49. The molecular formula is C21H20N2O6. The lowest BCUT2D eigenvalue weighted by Gasteiger charge is -2.21. The van der Waals surface area contributed by atoms with Crippen molar-refractivity contribution in [2.45, 2.75) is 0 Å². The van der Waals surface area contributed by atoms with Crippen LogP contribution in [0.25, 0.3) is 6.08 Å². The minimum atomic E-state index is -0.425. The van der Waals surface area contributed by atoms with Crippen LogP contribution >= 0.6 is 0 Å². The number of amides is 2. The normalized spacial score (nSPS) is 15.3. The molecule has 4 rings (SSSR count). The standard InChI is InChI=1S/C21H20N2O6/c1-26-17-12-14(13-18-20(17)28-11-10-27-18)6-7-19(24)22-15-4-2-3-5-16(15)23-8-9-29-21(23)25/h2-7,12-13H,8-11H2,1H3,(H,22,24)/b7-6+. The smallest absolute Gasteiger partial charge is 0.414 e. The Labute approximate surface area is 167 Å². The predicted molar refractivity (Wildman–Crippen MR) is 107 cm³/mol.